The van der Waals surface area contributed by atoms with Gasteiger partial charge in [-0.15, -0.1) is 0 Å². The molecule has 2 aromatic rings. The Balaban J connectivity index is 1.98. The number of fused-ring (bicyclic) bond motifs is 1. The van der Waals surface area contributed by atoms with E-state index in [0.29, 0.717) is 5.02 Å². The standard InChI is InChI=1S/C19H20ClN5/c1-4-12-9-14-16(10-25(12)3)21-19-17(11(2)23-24-19)22-18(14)13-7-5-6-8-15(13)20/h5-9H,4,10H2,1-3H3,(H2,21,23,24). The van der Waals surface area contributed by atoms with Crippen LogP contribution in [0.1, 0.15) is 24.6 Å². The molecule has 5 nitrogen and oxygen atoms in total. The number of hydrogen-bond acceptors (Lipinski definition) is 4. The largest absolute Gasteiger partial charge is 0.372 e. The number of aromatic nitrogens is 2. The van der Waals surface area contributed by atoms with Crippen molar-refractivity contribution < 1.29 is 0 Å². The van der Waals surface area contributed by atoms with E-state index in [2.05, 4.69) is 40.5 Å². The van der Waals surface area contributed by atoms with Gasteiger partial charge < -0.3 is 10.2 Å². The summed E-state index contributed by atoms with van der Waals surface area (Å²) in [6.07, 6.45) is 3.17. The number of aliphatic imine (C=N–C) groups is 1. The van der Waals surface area contributed by atoms with Crippen LogP contribution in [-0.4, -0.2) is 34.4 Å². The van der Waals surface area contributed by atoms with Gasteiger partial charge in [-0.2, -0.15) is 5.10 Å². The predicted octanol–water partition coefficient (Wildman–Crippen LogP) is 4.41. The van der Waals surface area contributed by atoms with E-state index in [1.54, 1.807) is 0 Å². The molecule has 25 heavy (non-hydrogen) atoms. The van der Waals surface area contributed by atoms with Gasteiger partial charge in [0.2, 0.25) is 0 Å². The minimum atomic E-state index is 0.697. The predicted molar refractivity (Wildman–Crippen MR) is 103 cm³/mol. The van der Waals surface area contributed by atoms with Gasteiger partial charge in [-0.3, -0.25) is 5.10 Å². The van der Waals surface area contributed by atoms with E-state index in [4.69, 9.17) is 16.6 Å². The van der Waals surface area contributed by atoms with Crippen molar-refractivity contribution in [2.45, 2.75) is 20.3 Å². The number of anilines is 1. The number of likely N-dealkylation sites (N-methyl/N-ethyl adjacent to an activating group) is 1. The van der Waals surface area contributed by atoms with Crippen LogP contribution in [0, 0.1) is 6.92 Å². The van der Waals surface area contributed by atoms with Crippen LogP contribution in [0.25, 0.3) is 0 Å². The fourth-order valence-corrected chi connectivity index (χ4v) is 3.52. The van der Waals surface area contributed by atoms with Crippen molar-refractivity contribution in [1.29, 1.82) is 0 Å². The zero-order valence-corrected chi connectivity index (χ0v) is 15.3. The molecule has 0 bridgehead atoms. The lowest BCUT2D eigenvalue weighted by atomic mass is 9.96. The lowest BCUT2D eigenvalue weighted by Crippen LogP contribution is -2.29. The average Bonchev–Trinajstić information content (AvgIpc) is 2.85. The Labute approximate surface area is 152 Å². The first-order valence-electron chi connectivity index (χ1n) is 8.39. The first kappa shape index (κ1) is 16.0. The summed E-state index contributed by atoms with van der Waals surface area (Å²) in [6.45, 7) is 4.93. The Morgan fingerprint density at radius 3 is 2.84 bits per heavy atom. The highest BCUT2D eigenvalue weighted by Crippen LogP contribution is 2.36. The van der Waals surface area contributed by atoms with E-state index >= 15 is 0 Å². The minimum Gasteiger partial charge on any atom is -0.372 e. The molecule has 0 fully saturated rings. The summed E-state index contributed by atoms with van der Waals surface area (Å²) in [5.74, 6) is 0.758. The third kappa shape index (κ3) is 2.65. The third-order valence-electron chi connectivity index (χ3n) is 4.68. The average molecular weight is 354 g/mol. The van der Waals surface area contributed by atoms with Gasteiger partial charge in [0.15, 0.2) is 5.82 Å². The van der Waals surface area contributed by atoms with Crippen LogP contribution in [0.4, 0.5) is 11.5 Å². The molecule has 0 amide bonds. The zero-order chi connectivity index (χ0) is 17.6. The summed E-state index contributed by atoms with van der Waals surface area (Å²) >= 11 is 6.50. The Morgan fingerprint density at radius 2 is 2.08 bits per heavy atom. The van der Waals surface area contributed by atoms with E-state index in [1.807, 2.05) is 31.2 Å². The Morgan fingerprint density at radius 1 is 1.28 bits per heavy atom. The lowest BCUT2D eigenvalue weighted by Gasteiger charge is -2.29. The fourth-order valence-electron chi connectivity index (χ4n) is 3.30. The number of rotatable bonds is 2. The van der Waals surface area contributed by atoms with E-state index < -0.39 is 0 Å². The van der Waals surface area contributed by atoms with Crippen molar-refractivity contribution in [3.05, 3.63) is 63.6 Å². The van der Waals surface area contributed by atoms with Crippen molar-refractivity contribution >= 4 is 28.8 Å². The quantitative estimate of drug-likeness (QED) is 0.840. The van der Waals surface area contributed by atoms with Crippen molar-refractivity contribution in [2.24, 2.45) is 4.99 Å². The summed E-state index contributed by atoms with van der Waals surface area (Å²) in [4.78, 5) is 7.21. The molecule has 0 saturated carbocycles. The molecular weight excluding hydrogens is 334 g/mol. The van der Waals surface area contributed by atoms with Gasteiger partial charge in [-0.25, -0.2) is 4.99 Å². The van der Waals surface area contributed by atoms with Gasteiger partial charge in [0.1, 0.15) is 5.69 Å². The van der Waals surface area contributed by atoms with Crippen LogP contribution in [0.3, 0.4) is 0 Å². The SMILES string of the molecule is CCC1=CC2=C(CN1C)Nc1n[nH]c(C)c1N=C2c1ccccc1Cl. The number of allylic oxidation sites excluding steroid dienone is 3. The maximum absolute atomic E-state index is 6.50. The van der Waals surface area contributed by atoms with E-state index in [1.165, 1.54) is 5.70 Å². The zero-order valence-electron chi connectivity index (χ0n) is 14.5. The molecule has 4 rings (SSSR count). The summed E-state index contributed by atoms with van der Waals surface area (Å²) < 4.78 is 0. The van der Waals surface area contributed by atoms with E-state index in [9.17, 15) is 0 Å². The van der Waals surface area contributed by atoms with Crippen molar-refractivity contribution in [3.8, 4) is 0 Å². The normalized spacial score (nSPS) is 16.6. The van der Waals surface area contributed by atoms with Crippen LogP contribution in [0.5, 0.6) is 0 Å². The second kappa shape index (κ2) is 6.08. The van der Waals surface area contributed by atoms with Crippen molar-refractivity contribution in [1.82, 2.24) is 15.1 Å². The number of nitrogens with one attached hydrogen (secondary N) is 2. The van der Waals surface area contributed by atoms with Gasteiger partial charge in [0, 0.05) is 34.6 Å². The van der Waals surface area contributed by atoms with Gasteiger partial charge >= 0.3 is 0 Å². The molecule has 0 atom stereocenters. The highest BCUT2D eigenvalue weighted by atomic mass is 35.5. The lowest BCUT2D eigenvalue weighted by molar-refractivity contribution is 0.432. The molecule has 2 aliphatic rings. The maximum atomic E-state index is 6.50. The molecule has 0 spiro atoms. The Hall–Kier alpha value is -2.53. The smallest absolute Gasteiger partial charge is 0.178 e. The minimum absolute atomic E-state index is 0.697. The topological polar surface area (TPSA) is 56.3 Å². The third-order valence-corrected chi connectivity index (χ3v) is 5.01. The summed E-state index contributed by atoms with van der Waals surface area (Å²) in [5.41, 5.74) is 7.03. The molecule has 1 aromatic heterocycles. The van der Waals surface area contributed by atoms with Crippen molar-refractivity contribution in [3.63, 3.8) is 0 Å². The van der Waals surface area contributed by atoms with Crippen LogP contribution in [0.2, 0.25) is 5.02 Å². The van der Waals surface area contributed by atoms with E-state index in [-0.39, 0.29) is 0 Å². The molecule has 0 radical (unpaired) electrons. The van der Waals surface area contributed by atoms with Gasteiger partial charge in [-0.05, 0) is 25.5 Å². The highest BCUT2D eigenvalue weighted by molar-refractivity contribution is 6.36. The van der Waals surface area contributed by atoms with Crippen LogP contribution < -0.4 is 5.32 Å². The van der Waals surface area contributed by atoms with Crippen LogP contribution >= 0.6 is 11.6 Å². The Kier molecular flexibility index (Phi) is 3.88. The summed E-state index contributed by atoms with van der Waals surface area (Å²) in [6, 6.07) is 7.85. The second-order valence-electron chi connectivity index (χ2n) is 6.35. The molecule has 128 valence electrons. The number of aromatic amines is 1. The number of aryl methyl sites for hydroxylation is 1. The molecule has 0 unspecified atom stereocenters. The second-order valence-corrected chi connectivity index (χ2v) is 6.76. The number of hydrogen-bond donors (Lipinski definition) is 2. The fraction of sp³-hybridized carbons (Fsp3) is 0.263. The number of nitrogens with zero attached hydrogens (tertiary/aromatic N) is 3. The molecule has 2 N–H and O–H groups in total. The molecule has 6 heteroatoms. The number of benzene rings is 1. The molecule has 2 aliphatic heterocycles. The van der Waals surface area contributed by atoms with Crippen LogP contribution in [0.15, 0.2) is 52.3 Å². The van der Waals surface area contributed by atoms with Gasteiger partial charge in [0.05, 0.1) is 18.0 Å². The molecule has 1 aromatic carbocycles. The van der Waals surface area contributed by atoms with Gasteiger partial charge in [0.25, 0.3) is 0 Å². The molecule has 0 aliphatic carbocycles. The maximum Gasteiger partial charge on any atom is 0.178 e. The van der Waals surface area contributed by atoms with Gasteiger partial charge in [-0.1, -0.05) is 36.7 Å². The molecule has 0 saturated heterocycles. The first-order valence-corrected chi connectivity index (χ1v) is 8.77. The summed E-state index contributed by atoms with van der Waals surface area (Å²) in [5, 5.41) is 11.6. The Bertz CT molecular complexity index is 935. The number of halogens is 1. The first-order chi connectivity index (χ1) is 12.1. The highest BCUT2D eigenvalue weighted by Gasteiger charge is 2.27. The van der Waals surface area contributed by atoms with E-state index in [0.717, 1.165) is 52.7 Å². The van der Waals surface area contributed by atoms with Crippen molar-refractivity contribution in [2.75, 3.05) is 18.9 Å². The monoisotopic (exact) mass is 353 g/mol. The van der Waals surface area contributed by atoms with Crippen LogP contribution in [-0.2, 0) is 0 Å². The summed E-state index contributed by atoms with van der Waals surface area (Å²) in [7, 11) is 2.11. The molecule has 3 heterocycles. The molecular formula is C19H20ClN5. The number of H-pyrrole nitrogens is 1.